The smallest absolute Gasteiger partial charge is 0.325 e. The maximum Gasteiger partial charge on any atom is 0.325 e. The van der Waals surface area contributed by atoms with Gasteiger partial charge in [0, 0.05) is 11.9 Å². The first kappa shape index (κ1) is 20.0. The minimum absolute atomic E-state index is 0.290. The summed E-state index contributed by atoms with van der Waals surface area (Å²) in [6, 6.07) is 6.81. The third-order valence-electron chi connectivity index (χ3n) is 5.11. The topological polar surface area (TPSA) is 69.7 Å². The monoisotopic (exact) mass is 403 g/mol. The number of urea groups is 1. The molecule has 0 radical (unpaired) electrons. The van der Waals surface area contributed by atoms with Gasteiger partial charge >= 0.3 is 6.03 Å². The average molecular weight is 403 g/mol. The summed E-state index contributed by atoms with van der Waals surface area (Å²) in [4.78, 5) is 41.7. The highest BCUT2D eigenvalue weighted by atomic mass is 32.1. The minimum atomic E-state index is -1.28. The number of likely N-dealkylation sites (N-methyl/N-ethyl adjacent to an activating group) is 1. The first-order valence-corrected chi connectivity index (χ1v) is 9.83. The number of rotatable bonds is 6. The number of carbonyl (C=O) groups excluding carboxylic acids is 3. The highest BCUT2D eigenvalue weighted by Gasteiger charge is 2.51. The Balaban J connectivity index is 1.76. The number of thiophene rings is 1. The van der Waals surface area contributed by atoms with Crippen molar-refractivity contribution in [3.63, 3.8) is 0 Å². The maximum absolute atomic E-state index is 13.3. The number of hydrogen-bond acceptors (Lipinski definition) is 4. The molecule has 0 spiro atoms. The second-order valence-electron chi connectivity index (χ2n) is 6.86. The lowest BCUT2D eigenvalue weighted by Crippen LogP contribution is -2.45. The van der Waals surface area contributed by atoms with Crippen molar-refractivity contribution in [3.8, 4) is 0 Å². The van der Waals surface area contributed by atoms with Crippen LogP contribution in [0.25, 0.3) is 0 Å². The van der Waals surface area contributed by atoms with Crippen molar-refractivity contribution in [1.29, 1.82) is 0 Å². The molecule has 1 aromatic heterocycles. The van der Waals surface area contributed by atoms with Gasteiger partial charge in [-0.05, 0) is 48.1 Å². The summed E-state index contributed by atoms with van der Waals surface area (Å²) in [5, 5.41) is 4.66. The summed E-state index contributed by atoms with van der Waals surface area (Å²) in [5.41, 5.74) is 0.307. The molecular formula is C20H22FN3O3S. The van der Waals surface area contributed by atoms with Crippen LogP contribution < -0.4 is 5.32 Å². The third kappa shape index (κ3) is 3.52. The molecule has 1 aromatic carbocycles. The zero-order valence-corrected chi connectivity index (χ0v) is 16.8. The van der Waals surface area contributed by atoms with Crippen LogP contribution in [0, 0.1) is 12.7 Å². The van der Waals surface area contributed by atoms with Crippen LogP contribution in [0.4, 0.5) is 9.18 Å². The lowest BCUT2D eigenvalue weighted by atomic mass is 9.87. The summed E-state index contributed by atoms with van der Waals surface area (Å²) in [6.07, 6.45) is 0.290. The fourth-order valence-electron chi connectivity index (χ4n) is 3.27. The van der Waals surface area contributed by atoms with Gasteiger partial charge in [0.25, 0.3) is 5.91 Å². The van der Waals surface area contributed by atoms with E-state index in [0.717, 1.165) is 15.3 Å². The van der Waals surface area contributed by atoms with E-state index in [-0.39, 0.29) is 18.9 Å². The number of nitrogens with zero attached hydrogens (tertiary/aromatic N) is 2. The number of nitrogens with one attached hydrogen (secondary N) is 1. The zero-order chi connectivity index (χ0) is 20.5. The van der Waals surface area contributed by atoms with Gasteiger partial charge in [-0.2, -0.15) is 0 Å². The fourth-order valence-corrected chi connectivity index (χ4v) is 4.23. The summed E-state index contributed by atoms with van der Waals surface area (Å²) in [6.45, 7) is 3.82. The van der Waals surface area contributed by atoms with Gasteiger partial charge in [0.15, 0.2) is 0 Å². The van der Waals surface area contributed by atoms with Crippen LogP contribution in [0.1, 0.15) is 29.3 Å². The number of hydrogen-bond donors (Lipinski definition) is 1. The molecule has 8 heteroatoms. The Morgan fingerprint density at radius 3 is 2.50 bits per heavy atom. The second kappa shape index (κ2) is 7.71. The highest BCUT2D eigenvalue weighted by molar-refractivity contribution is 7.10. The molecule has 1 aliphatic heterocycles. The molecule has 0 unspecified atom stereocenters. The van der Waals surface area contributed by atoms with E-state index in [1.54, 1.807) is 25.3 Å². The second-order valence-corrected chi connectivity index (χ2v) is 7.86. The Morgan fingerprint density at radius 1 is 1.25 bits per heavy atom. The number of imide groups is 1. The molecule has 0 aliphatic carbocycles. The molecule has 148 valence electrons. The molecule has 0 bridgehead atoms. The maximum atomic E-state index is 13.3. The number of carbonyl (C=O) groups is 3. The van der Waals surface area contributed by atoms with Crippen molar-refractivity contribution < 1.29 is 18.8 Å². The molecule has 1 atom stereocenters. The third-order valence-corrected chi connectivity index (χ3v) is 6.12. The van der Waals surface area contributed by atoms with Crippen molar-refractivity contribution in [3.05, 3.63) is 57.5 Å². The molecule has 6 nitrogen and oxygen atoms in total. The van der Waals surface area contributed by atoms with Gasteiger partial charge < -0.3 is 10.2 Å². The molecule has 0 saturated carbocycles. The van der Waals surface area contributed by atoms with Crippen molar-refractivity contribution in [1.82, 2.24) is 15.1 Å². The quantitative estimate of drug-likeness (QED) is 0.754. The van der Waals surface area contributed by atoms with Gasteiger partial charge in [-0.3, -0.25) is 14.5 Å². The number of amides is 4. The molecule has 1 N–H and O–H groups in total. The SMILES string of the molecule is CC[C@@]1(c2ccc(F)cc2)NC(=O)N(CC(=O)N(C)Cc2sccc2C)C1=O. The zero-order valence-electron chi connectivity index (χ0n) is 16.0. The van der Waals surface area contributed by atoms with E-state index in [1.807, 2.05) is 18.4 Å². The lowest BCUT2D eigenvalue weighted by Gasteiger charge is -2.26. The number of halogens is 1. The highest BCUT2D eigenvalue weighted by Crippen LogP contribution is 2.32. The normalized spacial score (nSPS) is 19.1. The molecule has 4 amide bonds. The summed E-state index contributed by atoms with van der Waals surface area (Å²) >= 11 is 1.56. The van der Waals surface area contributed by atoms with E-state index in [4.69, 9.17) is 0 Å². The van der Waals surface area contributed by atoms with Gasteiger partial charge in [-0.1, -0.05) is 19.1 Å². The van der Waals surface area contributed by atoms with Crippen LogP contribution in [0.2, 0.25) is 0 Å². The predicted molar refractivity (Wildman–Crippen MR) is 104 cm³/mol. The van der Waals surface area contributed by atoms with Crippen LogP contribution in [-0.2, 0) is 21.7 Å². The van der Waals surface area contributed by atoms with Gasteiger partial charge in [0.1, 0.15) is 17.9 Å². The molecule has 3 rings (SSSR count). The van der Waals surface area contributed by atoms with Crippen LogP contribution >= 0.6 is 11.3 Å². The fraction of sp³-hybridized carbons (Fsp3) is 0.350. The molecular weight excluding hydrogens is 381 g/mol. The van der Waals surface area contributed by atoms with Crippen molar-refractivity contribution in [2.24, 2.45) is 0 Å². The van der Waals surface area contributed by atoms with Crippen LogP contribution in [-0.4, -0.2) is 41.2 Å². The molecule has 1 fully saturated rings. The minimum Gasteiger partial charge on any atom is -0.339 e. The Kier molecular flexibility index (Phi) is 5.51. The van der Waals surface area contributed by atoms with Gasteiger partial charge in [0.2, 0.25) is 5.91 Å². The van der Waals surface area contributed by atoms with Gasteiger partial charge in [-0.25, -0.2) is 9.18 Å². The van der Waals surface area contributed by atoms with E-state index in [0.29, 0.717) is 12.1 Å². The molecule has 1 aliphatic rings. The lowest BCUT2D eigenvalue weighted by molar-refractivity contribution is -0.138. The van der Waals surface area contributed by atoms with Crippen LogP contribution in [0.15, 0.2) is 35.7 Å². The number of aryl methyl sites for hydroxylation is 1. The van der Waals surface area contributed by atoms with Crippen LogP contribution in [0.3, 0.4) is 0 Å². The standard InChI is InChI=1S/C20H22FN3O3S/c1-4-20(14-5-7-15(21)8-6-14)18(26)24(19(27)22-20)12-17(25)23(3)11-16-13(2)9-10-28-16/h5-10H,4,11-12H2,1-3H3,(H,22,27)/t20-/m0/s1. The Hall–Kier alpha value is -2.74. The van der Waals surface area contributed by atoms with E-state index < -0.39 is 23.3 Å². The van der Waals surface area contributed by atoms with Crippen molar-refractivity contribution >= 4 is 29.2 Å². The first-order valence-electron chi connectivity index (χ1n) is 8.95. The Bertz CT molecular complexity index is 912. The Labute approximate surface area is 166 Å². The van der Waals surface area contributed by atoms with Gasteiger partial charge in [-0.15, -0.1) is 11.3 Å². The van der Waals surface area contributed by atoms with Crippen LogP contribution in [0.5, 0.6) is 0 Å². The molecule has 2 heterocycles. The van der Waals surface area contributed by atoms with E-state index in [1.165, 1.54) is 29.2 Å². The van der Waals surface area contributed by atoms with Crippen molar-refractivity contribution in [2.45, 2.75) is 32.4 Å². The number of benzene rings is 1. The summed E-state index contributed by atoms with van der Waals surface area (Å²) in [7, 11) is 1.65. The summed E-state index contributed by atoms with van der Waals surface area (Å²) < 4.78 is 13.3. The first-order chi connectivity index (χ1) is 13.3. The van der Waals surface area contributed by atoms with E-state index in [9.17, 15) is 18.8 Å². The van der Waals surface area contributed by atoms with Gasteiger partial charge in [0.05, 0.1) is 6.54 Å². The predicted octanol–water partition coefficient (Wildman–Crippen LogP) is 3.01. The van der Waals surface area contributed by atoms with E-state index in [2.05, 4.69) is 5.32 Å². The van der Waals surface area contributed by atoms with Crippen molar-refractivity contribution in [2.75, 3.05) is 13.6 Å². The molecule has 28 heavy (non-hydrogen) atoms. The largest absolute Gasteiger partial charge is 0.339 e. The Morgan fingerprint density at radius 2 is 1.93 bits per heavy atom. The average Bonchev–Trinajstić information content (AvgIpc) is 3.18. The summed E-state index contributed by atoms with van der Waals surface area (Å²) in [5.74, 6) is -1.26. The molecule has 1 saturated heterocycles. The molecule has 2 aromatic rings. The van der Waals surface area contributed by atoms with E-state index >= 15 is 0 Å².